The van der Waals surface area contributed by atoms with E-state index in [0.29, 0.717) is 21.6 Å². The minimum absolute atomic E-state index is 0.117. The van der Waals surface area contributed by atoms with E-state index in [4.69, 9.17) is 27.6 Å². The Bertz CT molecular complexity index is 1080. The molecule has 0 bridgehead atoms. The molecule has 3 rings (SSSR count). The van der Waals surface area contributed by atoms with E-state index >= 15 is 0 Å². The van der Waals surface area contributed by atoms with Gasteiger partial charge in [-0.1, -0.05) is 29.3 Å². The highest BCUT2D eigenvalue weighted by molar-refractivity contribution is 6.42. The van der Waals surface area contributed by atoms with Gasteiger partial charge in [0.05, 0.1) is 22.8 Å². The van der Waals surface area contributed by atoms with Crippen LogP contribution in [0.2, 0.25) is 10.0 Å². The van der Waals surface area contributed by atoms with Crippen LogP contribution in [0.15, 0.2) is 64.1 Å². The summed E-state index contributed by atoms with van der Waals surface area (Å²) in [7, 11) is 0. The summed E-state index contributed by atoms with van der Waals surface area (Å²) in [6.07, 6.45) is 1.31. The van der Waals surface area contributed by atoms with Gasteiger partial charge in [0.2, 0.25) is 0 Å². The molecule has 0 radical (unpaired) electrons. The molecule has 2 N–H and O–H groups in total. The van der Waals surface area contributed by atoms with Crippen LogP contribution in [-0.4, -0.2) is 24.6 Å². The van der Waals surface area contributed by atoms with Gasteiger partial charge in [-0.25, -0.2) is 9.82 Å². The number of benzene rings is 2. The molecule has 0 aliphatic carbocycles. The molecule has 0 aliphatic heterocycles. The highest BCUT2D eigenvalue weighted by Crippen LogP contribution is 2.29. The molecular formula is C20H14Cl2FN3O3. The summed E-state index contributed by atoms with van der Waals surface area (Å²) in [4.78, 5) is 23.6. The Labute approximate surface area is 175 Å². The standard InChI is InChI=1S/C20H14Cl2FN3O3/c21-16-6-4-12(9-17(16)22)18-7-5-15(29-18)10-25-26-19(27)11-24-20(28)13-2-1-3-14(23)8-13/h1-10H,11H2,(H,24,28)(H,26,27). The van der Waals surface area contributed by atoms with E-state index in [-0.39, 0.29) is 12.1 Å². The van der Waals surface area contributed by atoms with Gasteiger partial charge in [0, 0.05) is 11.1 Å². The first-order valence-electron chi connectivity index (χ1n) is 8.33. The number of hydrogen-bond acceptors (Lipinski definition) is 4. The Kier molecular flexibility index (Phi) is 6.64. The molecule has 6 nitrogen and oxygen atoms in total. The molecule has 3 aromatic rings. The van der Waals surface area contributed by atoms with Gasteiger partial charge in [-0.05, 0) is 48.5 Å². The molecule has 0 aliphatic rings. The highest BCUT2D eigenvalue weighted by Gasteiger charge is 2.09. The summed E-state index contributed by atoms with van der Waals surface area (Å²) >= 11 is 11.9. The van der Waals surface area contributed by atoms with E-state index in [2.05, 4.69) is 15.8 Å². The molecule has 29 heavy (non-hydrogen) atoms. The first kappa shape index (κ1) is 20.6. The van der Waals surface area contributed by atoms with Gasteiger partial charge in [-0.3, -0.25) is 9.59 Å². The van der Waals surface area contributed by atoms with E-state index in [1.165, 1.54) is 24.4 Å². The lowest BCUT2D eigenvalue weighted by Crippen LogP contribution is -2.34. The van der Waals surface area contributed by atoms with Gasteiger partial charge in [0.25, 0.3) is 11.8 Å². The van der Waals surface area contributed by atoms with Crippen molar-refractivity contribution >= 4 is 41.2 Å². The summed E-state index contributed by atoms with van der Waals surface area (Å²) in [5.41, 5.74) is 3.11. The first-order chi connectivity index (χ1) is 13.9. The lowest BCUT2D eigenvalue weighted by Gasteiger charge is -2.04. The number of furan rings is 1. The second-order valence-corrected chi connectivity index (χ2v) is 6.63. The molecule has 9 heteroatoms. The lowest BCUT2D eigenvalue weighted by atomic mass is 10.2. The molecule has 0 atom stereocenters. The largest absolute Gasteiger partial charge is 0.455 e. The smallest absolute Gasteiger partial charge is 0.259 e. The van der Waals surface area contributed by atoms with Crippen LogP contribution in [0, 0.1) is 5.82 Å². The van der Waals surface area contributed by atoms with Crippen molar-refractivity contribution in [1.82, 2.24) is 10.7 Å². The highest BCUT2D eigenvalue weighted by atomic mass is 35.5. The van der Waals surface area contributed by atoms with Gasteiger partial charge in [0.15, 0.2) is 0 Å². The van der Waals surface area contributed by atoms with Crippen LogP contribution in [0.3, 0.4) is 0 Å². The lowest BCUT2D eigenvalue weighted by molar-refractivity contribution is -0.120. The number of carbonyl (C=O) groups excluding carboxylic acids is 2. The van der Waals surface area contributed by atoms with Gasteiger partial charge in [0.1, 0.15) is 17.3 Å². The second-order valence-electron chi connectivity index (χ2n) is 5.82. The van der Waals surface area contributed by atoms with Crippen LogP contribution in [0.25, 0.3) is 11.3 Å². The number of carbonyl (C=O) groups is 2. The Morgan fingerprint density at radius 2 is 1.90 bits per heavy atom. The van der Waals surface area contributed by atoms with Crippen molar-refractivity contribution in [3.05, 3.63) is 81.8 Å². The van der Waals surface area contributed by atoms with Crippen LogP contribution in [0.5, 0.6) is 0 Å². The van der Waals surface area contributed by atoms with E-state index < -0.39 is 17.6 Å². The first-order valence-corrected chi connectivity index (χ1v) is 9.09. The van der Waals surface area contributed by atoms with Gasteiger partial charge in [-0.15, -0.1) is 0 Å². The van der Waals surface area contributed by atoms with Crippen molar-refractivity contribution in [2.24, 2.45) is 5.10 Å². The van der Waals surface area contributed by atoms with Crippen molar-refractivity contribution in [3.8, 4) is 11.3 Å². The number of halogens is 3. The normalized spacial score (nSPS) is 10.9. The maximum absolute atomic E-state index is 13.1. The Morgan fingerprint density at radius 1 is 1.07 bits per heavy atom. The van der Waals surface area contributed by atoms with Crippen LogP contribution in [0.1, 0.15) is 16.1 Å². The van der Waals surface area contributed by atoms with Crippen LogP contribution < -0.4 is 10.7 Å². The molecular weight excluding hydrogens is 420 g/mol. The fraction of sp³-hybridized carbons (Fsp3) is 0.0500. The predicted molar refractivity (Wildman–Crippen MR) is 109 cm³/mol. The second kappa shape index (κ2) is 9.36. The molecule has 1 aromatic heterocycles. The minimum Gasteiger partial charge on any atom is -0.455 e. The summed E-state index contributed by atoms with van der Waals surface area (Å²) in [5.74, 6) is -0.706. The molecule has 0 spiro atoms. The fourth-order valence-electron chi connectivity index (χ4n) is 2.33. The van der Waals surface area contributed by atoms with E-state index in [9.17, 15) is 14.0 Å². The summed E-state index contributed by atoms with van der Waals surface area (Å²) < 4.78 is 18.7. The average molecular weight is 434 g/mol. The number of amides is 2. The summed E-state index contributed by atoms with van der Waals surface area (Å²) in [6, 6.07) is 13.6. The van der Waals surface area contributed by atoms with Crippen molar-refractivity contribution in [3.63, 3.8) is 0 Å². The van der Waals surface area contributed by atoms with Crippen LogP contribution in [0.4, 0.5) is 4.39 Å². The molecule has 1 heterocycles. The minimum atomic E-state index is -0.569. The number of hydrazone groups is 1. The maximum Gasteiger partial charge on any atom is 0.259 e. The van der Waals surface area contributed by atoms with E-state index in [0.717, 1.165) is 11.6 Å². The molecule has 0 saturated carbocycles. The van der Waals surface area contributed by atoms with E-state index in [1.807, 2.05) is 0 Å². The summed E-state index contributed by atoms with van der Waals surface area (Å²) in [6.45, 7) is -0.320. The third-order valence-corrected chi connectivity index (χ3v) is 4.45. The molecule has 0 saturated heterocycles. The third-order valence-electron chi connectivity index (χ3n) is 3.71. The molecule has 0 fully saturated rings. The van der Waals surface area contributed by atoms with Crippen molar-refractivity contribution in [2.75, 3.05) is 6.54 Å². The number of rotatable bonds is 6. The third kappa shape index (κ3) is 5.66. The monoisotopic (exact) mass is 433 g/mol. The quantitative estimate of drug-likeness (QED) is 0.449. The Balaban J connectivity index is 1.51. The molecule has 2 amide bonds. The number of nitrogens with zero attached hydrogens (tertiary/aromatic N) is 1. The van der Waals surface area contributed by atoms with Gasteiger partial charge in [-0.2, -0.15) is 5.10 Å². The maximum atomic E-state index is 13.1. The molecule has 0 unspecified atom stereocenters. The topological polar surface area (TPSA) is 83.7 Å². The van der Waals surface area contributed by atoms with Crippen molar-refractivity contribution in [2.45, 2.75) is 0 Å². The molecule has 2 aromatic carbocycles. The predicted octanol–water partition coefficient (Wildman–Crippen LogP) is 4.27. The zero-order valence-electron chi connectivity index (χ0n) is 14.8. The van der Waals surface area contributed by atoms with Crippen LogP contribution >= 0.6 is 23.2 Å². The fourth-order valence-corrected chi connectivity index (χ4v) is 2.62. The Hall–Kier alpha value is -3.16. The SMILES string of the molecule is O=C(CNC(=O)c1cccc(F)c1)NN=Cc1ccc(-c2ccc(Cl)c(Cl)c2)o1. The van der Waals surface area contributed by atoms with Crippen molar-refractivity contribution in [1.29, 1.82) is 0 Å². The number of hydrogen-bond donors (Lipinski definition) is 2. The van der Waals surface area contributed by atoms with Crippen LogP contribution in [-0.2, 0) is 4.79 Å². The summed E-state index contributed by atoms with van der Waals surface area (Å²) in [5, 5.41) is 6.99. The average Bonchev–Trinajstić information content (AvgIpc) is 3.17. The number of nitrogens with one attached hydrogen (secondary N) is 2. The van der Waals surface area contributed by atoms with Crippen molar-refractivity contribution < 1.29 is 18.4 Å². The van der Waals surface area contributed by atoms with Gasteiger partial charge < -0.3 is 9.73 Å². The zero-order chi connectivity index (χ0) is 20.8. The Morgan fingerprint density at radius 3 is 2.66 bits per heavy atom. The van der Waals surface area contributed by atoms with Gasteiger partial charge >= 0.3 is 0 Å². The molecule has 148 valence electrons. The zero-order valence-corrected chi connectivity index (χ0v) is 16.3. The van der Waals surface area contributed by atoms with E-state index in [1.54, 1.807) is 30.3 Å².